The fourth-order valence-corrected chi connectivity index (χ4v) is 5.67. The van der Waals surface area contributed by atoms with Gasteiger partial charge in [0.05, 0.1) is 5.70 Å². The number of benzene rings is 1. The van der Waals surface area contributed by atoms with Crippen LogP contribution in [0.4, 0.5) is 10.5 Å². The molecule has 0 radical (unpaired) electrons. The maximum Gasteiger partial charge on any atom is 0.317 e. The van der Waals surface area contributed by atoms with Crippen LogP contribution in [0.1, 0.15) is 62.7 Å². The number of nitrogens with two attached hydrogens (primary N) is 1. The lowest BCUT2D eigenvalue weighted by atomic mass is 10.0. The quantitative estimate of drug-likeness (QED) is 0.374. The molecule has 4 amide bonds. The Labute approximate surface area is 225 Å². The number of rotatable bonds is 10. The van der Waals surface area contributed by atoms with Crippen LogP contribution in [0.25, 0.3) is 0 Å². The summed E-state index contributed by atoms with van der Waals surface area (Å²) in [4.78, 5) is 43.2. The van der Waals surface area contributed by atoms with Crippen molar-refractivity contribution >= 4 is 23.5 Å². The molecule has 1 saturated heterocycles. The number of anilines is 1. The maximum atomic E-state index is 13.1. The zero-order valence-electron chi connectivity index (χ0n) is 22.8. The summed E-state index contributed by atoms with van der Waals surface area (Å²) in [6, 6.07) is 7.15. The average Bonchev–Trinajstić information content (AvgIpc) is 3.57. The summed E-state index contributed by atoms with van der Waals surface area (Å²) >= 11 is 0. The smallest absolute Gasteiger partial charge is 0.317 e. The number of nitrogens with zero attached hydrogens (tertiary/aromatic N) is 3. The van der Waals surface area contributed by atoms with Crippen molar-refractivity contribution in [2.75, 3.05) is 38.5 Å². The molecule has 1 unspecified atom stereocenters. The van der Waals surface area contributed by atoms with E-state index in [4.69, 9.17) is 5.73 Å². The molecule has 38 heavy (non-hydrogen) atoms. The van der Waals surface area contributed by atoms with Crippen LogP contribution in [0.5, 0.6) is 0 Å². The van der Waals surface area contributed by atoms with Crippen LogP contribution in [0.3, 0.4) is 0 Å². The van der Waals surface area contributed by atoms with Crippen LogP contribution in [0.15, 0.2) is 47.6 Å². The van der Waals surface area contributed by atoms with Gasteiger partial charge in [-0.05, 0) is 44.4 Å². The van der Waals surface area contributed by atoms with Gasteiger partial charge in [0.25, 0.3) is 5.91 Å². The van der Waals surface area contributed by atoms with E-state index in [2.05, 4.69) is 27.8 Å². The third-order valence-corrected chi connectivity index (χ3v) is 7.61. The largest absolute Gasteiger partial charge is 0.385 e. The molecule has 206 valence electrons. The second-order valence-electron chi connectivity index (χ2n) is 10.3. The van der Waals surface area contributed by atoms with E-state index in [1.54, 1.807) is 28.0 Å². The highest BCUT2D eigenvalue weighted by Gasteiger charge is 2.38. The summed E-state index contributed by atoms with van der Waals surface area (Å²) in [5, 5.41) is 8.87. The average molecular weight is 524 g/mol. The van der Waals surface area contributed by atoms with Crippen LogP contribution in [-0.4, -0.2) is 77.9 Å². The molecule has 1 saturated carbocycles. The molecule has 0 aromatic heterocycles. The lowest BCUT2D eigenvalue weighted by Crippen LogP contribution is -2.53. The molecule has 2 fully saturated rings. The topological polar surface area (TPSA) is 123 Å². The third kappa shape index (κ3) is 6.06. The van der Waals surface area contributed by atoms with Gasteiger partial charge in [0.15, 0.2) is 0 Å². The van der Waals surface area contributed by atoms with Crippen molar-refractivity contribution in [1.82, 2.24) is 25.3 Å². The molecule has 1 aromatic carbocycles. The van der Waals surface area contributed by atoms with E-state index >= 15 is 0 Å². The zero-order chi connectivity index (χ0) is 27.2. The van der Waals surface area contributed by atoms with Gasteiger partial charge in [0.1, 0.15) is 11.9 Å². The van der Waals surface area contributed by atoms with Crippen molar-refractivity contribution in [3.05, 3.63) is 53.1 Å². The highest BCUT2D eigenvalue weighted by atomic mass is 16.2. The second-order valence-corrected chi connectivity index (χ2v) is 10.3. The van der Waals surface area contributed by atoms with Crippen LogP contribution < -0.4 is 21.7 Å². The van der Waals surface area contributed by atoms with E-state index < -0.39 is 0 Å². The molecule has 10 nitrogen and oxygen atoms in total. The zero-order valence-corrected chi connectivity index (χ0v) is 22.8. The first-order valence-electron chi connectivity index (χ1n) is 13.7. The van der Waals surface area contributed by atoms with E-state index in [0.717, 1.165) is 37.1 Å². The normalized spacial score (nSPS) is 20.9. The van der Waals surface area contributed by atoms with Crippen LogP contribution in [-0.2, 0) is 4.79 Å². The molecule has 1 aliphatic carbocycles. The molecular weight excluding hydrogens is 482 g/mol. The monoisotopic (exact) mass is 523 g/mol. The lowest BCUT2D eigenvalue weighted by Gasteiger charge is -2.44. The lowest BCUT2D eigenvalue weighted by molar-refractivity contribution is -0.135. The molecular formula is C28H41N7O3. The van der Waals surface area contributed by atoms with Crippen molar-refractivity contribution < 1.29 is 14.4 Å². The number of urea groups is 1. The minimum Gasteiger partial charge on any atom is -0.385 e. The Hall–Kier alpha value is -3.69. The highest BCUT2D eigenvalue weighted by molar-refractivity contribution is 5.95. The van der Waals surface area contributed by atoms with Crippen LogP contribution in [0.2, 0.25) is 0 Å². The fourth-order valence-electron chi connectivity index (χ4n) is 5.67. The molecule has 2 heterocycles. The predicted octanol–water partition coefficient (Wildman–Crippen LogP) is 2.77. The molecule has 0 spiro atoms. The van der Waals surface area contributed by atoms with E-state index in [-0.39, 0.29) is 23.9 Å². The minimum absolute atomic E-state index is 0.0978. The van der Waals surface area contributed by atoms with Gasteiger partial charge in [0.2, 0.25) is 5.91 Å². The van der Waals surface area contributed by atoms with Gasteiger partial charge in [-0.2, -0.15) is 0 Å². The number of nitrogens with one attached hydrogen (secondary N) is 3. The Morgan fingerprint density at radius 2 is 2.00 bits per heavy atom. The fraction of sp³-hybridized carbons (Fsp3) is 0.536. The first-order chi connectivity index (χ1) is 18.3. The Morgan fingerprint density at radius 3 is 2.68 bits per heavy atom. The minimum atomic E-state index is -0.249. The van der Waals surface area contributed by atoms with Gasteiger partial charge < -0.3 is 36.4 Å². The van der Waals surface area contributed by atoms with Gasteiger partial charge in [-0.3, -0.25) is 9.59 Å². The summed E-state index contributed by atoms with van der Waals surface area (Å²) in [6.07, 6.45) is 8.14. The van der Waals surface area contributed by atoms with Crippen LogP contribution >= 0.6 is 0 Å². The second kappa shape index (κ2) is 12.2. The molecule has 10 heteroatoms. The molecule has 1 atom stereocenters. The summed E-state index contributed by atoms with van der Waals surface area (Å²) in [6.45, 7) is 6.22. The highest BCUT2D eigenvalue weighted by Crippen LogP contribution is 2.35. The van der Waals surface area contributed by atoms with E-state index in [9.17, 15) is 14.4 Å². The van der Waals surface area contributed by atoms with E-state index in [1.807, 2.05) is 26.1 Å². The van der Waals surface area contributed by atoms with Gasteiger partial charge in [-0.25, -0.2) is 4.79 Å². The van der Waals surface area contributed by atoms with Crippen molar-refractivity contribution in [3.8, 4) is 0 Å². The molecule has 1 aromatic rings. The number of amides is 4. The summed E-state index contributed by atoms with van der Waals surface area (Å²) in [5.41, 5.74) is 9.70. The summed E-state index contributed by atoms with van der Waals surface area (Å²) in [7, 11) is 1.85. The Bertz CT molecular complexity index is 1110. The van der Waals surface area contributed by atoms with Crippen molar-refractivity contribution in [3.63, 3.8) is 0 Å². The van der Waals surface area contributed by atoms with E-state index in [1.165, 1.54) is 12.8 Å². The SMILES string of the molecule is CCCC1=C(/C=C(\N)Nc2cccc(C(=O)NCCN3CCNC3=O)c2)N(C2CCCC2)C(C)C(=O)N1C. The Morgan fingerprint density at radius 1 is 1.24 bits per heavy atom. The van der Waals surface area contributed by atoms with E-state index in [0.29, 0.717) is 49.3 Å². The third-order valence-electron chi connectivity index (χ3n) is 7.61. The number of hydrogen-bond acceptors (Lipinski definition) is 6. The van der Waals surface area contributed by atoms with Crippen molar-refractivity contribution in [2.24, 2.45) is 5.73 Å². The van der Waals surface area contributed by atoms with Crippen molar-refractivity contribution in [1.29, 1.82) is 0 Å². The maximum absolute atomic E-state index is 13.1. The number of carbonyl (C=O) groups excluding carboxylic acids is 3. The van der Waals surface area contributed by atoms with Gasteiger partial charge >= 0.3 is 6.03 Å². The number of likely N-dealkylation sites (N-methyl/N-ethyl adjacent to an activating group) is 1. The molecule has 2 aliphatic heterocycles. The van der Waals surface area contributed by atoms with Gasteiger partial charge in [-0.1, -0.05) is 32.3 Å². The summed E-state index contributed by atoms with van der Waals surface area (Å²) < 4.78 is 0. The number of hydrogen-bond donors (Lipinski definition) is 4. The molecule has 0 bridgehead atoms. The van der Waals surface area contributed by atoms with Crippen molar-refractivity contribution in [2.45, 2.75) is 64.5 Å². The summed E-state index contributed by atoms with van der Waals surface area (Å²) in [5.74, 6) is 0.356. The van der Waals surface area contributed by atoms with Gasteiger partial charge in [0, 0.05) is 62.3 Å². The molecule has 4 rings (SSSR count). The van der Waals surface area contributed by atoms with Gasteiger partial charge in [-0.15, -0.1) is 0 Å². The Kier molecular flexibility index (Phi) is 8.81. The van der Waals surface area contributed by atoms with Crippen LogP contribution in [0, 0.1) is 0 Å². The first-order valence-corrected chi connectivity index (χ1v) is 13.7. The predicted molar refractivity (Wildman–Crippen MR) is 148 cm³/mol. The Balaban J connectivity index is 1.49. The standard InChI is InChI=1S/C28H41N7O3/c1-4-8-23-24(35(22-11-5-6-12-22)19(2)27(37)33(23)3)18-25(29)32-21-10-7-9-20(17-21)26(36)30-13-15-34-16-14-31-28(34)38/h7,9-10,17-19,22,32H,4-6,8,11-16,29H2,1-3H3,(H,30,36)(H,31,38)/b25-18+. The number of allylic oxidation sites excluding steroid dienone is 2. The molecule has 3 aliphatic rings. The molecule has 5 N–H and O–H groups in total. The number of carbonyl (C=O) groups is 3. The first kappa shape index (κ1) is 27.3.